The molecule has 1 unspecified atom stereocenters. The van der Waals surface area contributed by atoms with Gasteiger partial charge in [0.2, 0.25) is 0 Å². The second kappa shape index (κ2) is 7.66. The second-order valence-electron chi connectivity index (χ2n) is 7.13. The third kappa shape index (κ3) is 3.45. The lowest BCUT2D eigenvalue weighted by Crippen LogP contribution is -2.57. The van der Waals surface area contributed by atoms with Gasteiger partial charge in [0.25, 0.3) is 5.91 Å². The largest absolute Gasteiger partial charge is 0.436 e. The summed E-state index contributed by atoms with van der Waals surface area (Å²) in [6.07, 6.45) is 4.76. The van der Waals surface area contributed by atoms with Gasteiger partial charge >= 0.3 is 6.09 Å². The molecular formula is C19H19ClFN5O3. The van der Waals surface area contributed by atoms with E-state index in [4.69, 9.17) is 22.1 Å². The van der Waals surface area contributed by atoms with Crippen molar-refractivity contribution in [1.29, 1.82) is 0 Å². The van der Waals surface area contributed by atoms with E-state index in [-0.39, 0.29) is 29.2 Å². The zero-order chi connectivity index (χ0) is 20.6. The number of ether oxygens (including phenoxy) is 1. The summed E-state index contributed by atoms with van der Waals surface area (Å²) in [5.41, 5.74) is 5.68. The number of rotatable bonds is 3. The van der Waals surface area contributed by atoms with Crippen LogP contribution in [-0.2, 0) is 21.6 Å². The molecule has 1 saturated heterocycles. The third-order valence-electron chi connectivity index (χ3n) is 5.19. The second-order valence-corrected chi connectivity index (χ2v) is 7.54. The molecular weight excluding hydrogens is 401 g/mol. The van der Waals surface area contributed by atoms with Crippen LogP contribution in [0.25, 0.3) is 0 Å². The molecule has 0 bridgehead atoms. The van der Waals surface area contributed by atoms with Crippen LogP contribution in [0.15, 0.2) is 30.9 Å². The number of nitrogens with one attached hydrogen (secondary N) is 1. The van der Waals surface area contributed by atoms with E-state index in [0.29, 0.717) is 18.4 Å². The summed E-state index contributed by atoms with van der Waals surface area (Å²) in [5, 5.41) is 3.02. The normalized spacial score (nSPS) is 22.2. The molecule has 152 valence electrons. The number of anilines is 1. The number of fused-ring (bicyclic) bond motifs is 2. The number of aromatic nitrogens is 2. The van der Waals surface area contributed by atoms with E-state index in [0.717, 1.165) is 11.4 Å². The molecule has 0 saturated carbocycles. The minimum absolute atomic E-state index is 0.0976. The van der Waals surface area contributed by atoms with Crippen molar-refractivity contribution in [3.8, 4) is 0 Å². The van der Waals surface area contributed by atoms with Crippen LogP contribution < -0.4 is 16.0 Å². The van der Waals surface area contributed by atoms with Gasteiger partial charge < -0.3 is 15.8 Å². The van der Waals surface area contributed by atoms with E-state index in [1.807, 2.05) is 0 Å². The third-order valence-corrected chi connectivity index (χ3v) is 5.48. The molecule has 1 aromatic heterocycles. The first-order valence-corrected chi connectivity index (χ1v) is 9.56. The van der Waals surface area contributed by atoms with Gasteiger partial charge in [-0.2, -0.15) is 0 Å². The number of hydrogen-bond donors (Lipinski definition) is 2. The summed E-state index contributed by atoms with van der Waals surface area (Å²) >= 11 is 6.00. The fourth-order valence-electron chi connectivity index (χ4n) is 3.85. The molecule has 2 aromatic rings. The van der Waals surface area contributed by atoms with Crippen LogP contribution in [-0.4, -0.2) is 41.1 Å². The average Bonchev–Trinajstić information content (AvgIpc) is 2.71. The Morgan fingerprint density at radius 3 is 2.86 bits per heavy atom. The molecule has 0 radical (unpaired) electrons. The highest BCUT2D eigenvalue weighted by Gasteiger charge is 2.50. The van der Waals surface area contributed by atoms with E-state index in [9.17, 15) is 9.59 Å². The number of nitrogens with two attached hydrogens (primary N) is 1. The summed E-state index contributed by atoms with van der Waals surface area (Å²) in [4.78, 5) is 34.4. The summed E-state index contributed by atoms with van der Waals surface area (Å²) < 4.78 is 20.7. The Kier molecular flexibility index (Phi) is 5.20. The highest BCUT2D eigenvalue weighted by molar-refractivity contribution is 6.31. The lowest BCUT2D eigenvalue weighted by molar-refractivity contribution is -0.120. The number of halogens is 2. The maximum absolute atomic E-state index is 15.1. The smallest absolute Gasteiger partial charge is 0.422 e. The Bertz CT molecular complexity index is 952. The summed E-state index contributed by atoms with van der Waals surface area (Å²) in [6.45, 7) is 0.960. The van der Waals surface area contributed by atoms with Gasteiger partial charge in [0, 0.05) is 18.9 Å². The maximum Gasteiger partial charge on any atom is 0.422 e. The standard InChI is InChI=1S/C19H19ClFN5O3/c20-12-2-3-14-15(16(12)21)19(4-1-5-23-9-19)29-18(28)26(14)17(27)13(22)6-11-7-24-10-25-8-11/h2-3,7-8,10,13,23H,1,4-6,9,22H2/t13?,19-/m0/s1. The maximum atomic E-state index is 15.1. The molecule has 2 aliphatic rings. The topological polar surface area (TPSA) is 110 Å². The lowest BCUT2D eigenvalue weighted by atomic mass is 9.83. The van der Waals surface area contributed by atoms with Crippen LogP contribution in [0.3, 0.4) is 0 Å². The van der Waals surface area contributed by atoms with Gasteiger partial charge in [-0.1, -0.05) is 11.6 Å². The van der Waals surface area contributed by atoms with Crippen LogP contribution >= 0.6 is 11.6 Å². The predicted molar refractivity (Wildman–Crippen MR) is 103 cm³/mol. The highest BCUT2D eigenvalue weighted by atomic mass is 35.5. The molecule has 4 rings (SSSR count). The predicted octanol–water partition coefficient (Wildman–Crippen LogP) is 1.90. The van der Waals surface area contributed by atoms with Gasteiger partial charge in [-0.05, 0) is 43.5 Å². The van der Waals surface area contributed by atoms with Crippen LogP contribution in [0.4, 0.5) is 14.9 Å². The number of carbonyl (C=O) groups excluding carboxylic acids is 2. The van der Waals surface area contributed by atoms with Crippen molar-refractivity contribution in [2.24, 2.45) is 5.73 Å². The van der Waals surface area contributed by atoms with Gasteiger partial charge in [-0.3, -0.25) is 4.79 Å². The van der Waals surface area contributed by atoms with Gasteiger partial charge in [0.05, 0.1) is 22.3 Å². The molecule has 1 spiro atoms. The first kappa shape index (κ1) is 19.7. The van der Waals surface area contributed by atoms with Crippen molar-refractivity contribution in [3.63, 3.8) is 0 Å². The average molecular weight is 420 g/mol. The number of hydrogen-bond acceptors (Lipinski definition) is 7. The van der Waals surface area contributed by atoms with Gasteiger partial charge in [0.1, 0.15) is 6.33 Å². The van der Waals surface area contributed by atoms with Crippen molar-refractivity contribution >= 4 is 29.3 Å². The molecule has 10 heteroatoms. The van der Waals surface area contributed by atoms with Gasteiger partial charge in [-0.25, -0.2) is 24.1 Å². The Labute approximate surface area is 171 Å². The van der Waals surface area contributed by atoms with Gasteiger partial charge in [-0.15, -0.1) is 0 Å². The van der Waals surface area contributed by atoms with E-state index < -0.39 is 29.5 Å². The molecule has 3 heterocycles. The Hall–Kier alpha value is -2.62. The van der Waals surface area contributed by atoms with E-state index >= 15 is 4.39 Å². The molecule has 29 heavy (non-hydrogen) atoms. The van der Waals surface area contributed by atoms with Crippen molar-refractivity contribution in [2.75, 3.05) is 18.0 Å². The van der Waals surface area contributed by atoms with Gasteiger partial charge in [0.15, 0.2) is 11.4 Å². The molecule has 0 aliphatic carbocycles. The Morgan fingerprint density at radius 2 is 2.17 bits per heavy atom. The molecule has 2 aliphatic heterocycles. The summed E-state index contributed by atoms with van der Waals surface area (Å²) in [6, 6.07) is 1.70. The van der Waals surface area contributed by atoms with Crippen LogP contribution in [0.1, 0.15) is 24.0 Å². The molecule has 1 aromatic carbocycles. The lowest BCUT2D eigenvalue weighted by Gasteiger charge is -2.44. The number of nitrogens with zero attached hydrogens (tertiary/aromatic N) is 3. The minimum Gasteiger partial charge on any atom is -0.436 e. The quantitative estimate of drug-likeness (QED) is 0.781. The number of amides is 2. The number of carbonyl (C=O) groups is 2. The van der Waals surface area contributed by atoms with Crippen LogP contribution in [0.5, 0.6) is 0 Å². The van der Waals surface area contributed by atoms with Crippen molar-refractivity contribution < 1.29 is 18.7 Å². The number of piperidine rings is 1. The molecule has 2 amide bonds. The molecule has 3 N–H and O–H groups in total. The van der Waals surface area contributed by atoms with Crippen molar-refractivity contribution in [2.45, 2.75) is 30.9 Å². The molecule has 1 fully saturated rings. The summed E-state index contributed by atoms with van der Waals surface area (Å²) in [5.74, 6) is -1.41. The van der Waals surface area contributed by atoms with Crippen LogP contribution in [0.2, 0.25) is 5.02 Å². The zero-order valence-electron chi connectivity index (χ0n) is 15.4. The highest BCUT2D eigenvalue weighted by Crippen LogP contribution is 2.46. The summed E-state index contributed by atoms with van der Waals surface area (Å²) in [7, 11) is 0. The first-order valence-electron chi connectivity index (χ1n) is 9.18. The Balaban J connectivity index is 1.73. The van der Waals surface area contributed by atoms with Crippen molar-refractivity contribution in [3.05, 3.63) is 52.8 Å². The number of benzene rings is 1. The van der Waals surface area contributed by atoms with Crippen LogP contribution in [0, 0.1) is 5.82 Å². The molecule has 2 atom stereocenters. The van der Waals surface area contributed by atoms with Crippen molar-refractivity contribution in [1.82, 2.24) is 15.3 Å². The fourth-order valence-corrected chi connectivity index (χ4v) is 4.01. The fraction of sp³-hybridized carbons (Fsp3) is 0.368. The van der Waals surface area contributed by atoms with E-state index in [1.54, 1.807) is 0 Å². The SMILES string of the molecule is NC(Cc1cncnc1)C(=O)N1C(=O)O[C@]2(CCCNC2)c2c1ccc(Cl)c2F. The zero-order valence-corrected chi connectivity index (χ0v) is 16.2. The number of imide groups is 1. The van der Waals surface area contributed by atoms with E-state index in [1.165, 1.54) is 30.9 Å². The first-order chi connectivity index (χ1) is 13.9. The van der Waals surface area contributed by atoms with E-state index in [2.05, 4.69) is 15.3 Å². The Morgan fingerprint density at radius 1 is 1.41 bits per heavy atom. The monoisotopic (exact) mass is 419 g/mol. The minimum atomic E-state index is -1.21. The molecule has 8 nitrogen and oxygen atoms in total.